The Morgan fingerprint density at radius 3 is 2.83 bits per heavy atom. The summed E-state index contributed by atoms with van der Waals surface area (Å²) in [7, 11) is 0. The summed E-state index contributed by atoms with van der Waals surface area (Å²) < 4.78 is 18.2. The second-order valence-corrected chi connectivity index (χ2v) is 4.01. The first-order chi connectivity index (χ1) is 8.56. The van der Waals surface area contributed by atoms with E-state index in [1.807, 2.05) is 6.92 Å². The van der Waals surface area contributed by atoms with Crippen molar-refractivity contribution in [3.63, 3.8) is 0 Å². The van der Waals surface area contributed by atoms with Crippen LogP contribution in [0.25, 0.3) is 0 Å². The van der Waals surface area contributed by atoms with Gasteiger partial charge in [0.15, 0.2) is 6.10 Å². The molecular weight excluding hydrogens is 237 g/mol. The van der Waals surface area contributed by atoms with Crippen LogP contribution in [0.5, 0.6) is 5.75 Å². The fourth-order valence-electron chi connectivity index (χ4n) is 1.39. The topological polar surface area (TPSA) is 58.6 Å². The highest BCUT2D eigenvalue weighted by Gasteiger charge is 2.17. The van der Waals surface area contributed by atoms with Crippen molar-refractivity contribution in [2.75, 3.05) is 6.61 Å². The molecular formula is C13H18FNO3. The zero-order valence-corrected chi connectivity index (χ0v) is 10.5. The van der Waals surface area contributed by atoms with Crippen LogP contribution in [-0.2, 0) is 4.79 Å². The van der Waals surface area contributed by atoms with E-state index < -0.39 is 11.9 Å². The lowest BCUT2D eigenvalue weighted by Gasteiger charge is -2.19. The Kier molecular flexibility index (Phi) is 5.58. The second-order valence-electron chi connectivity index (χ2n) is 4.01. The monoisotopic (exact) mass is 255 g/mol. The van der Waals surface area contributed by atoms with Gasteiger partial charge < -0.3 is 15.2 Å². The van der Waals surface area contributed by atoms with Gasteiger partial charge in [0.25, 0.3) is 5.91 Å². The van der Waals surface area contributed by atoms with Gasteiger partial charge in [-0.2, -0.15) is 0 Å². The largest absolute Gasteiger partial charge is 0.481 e. The Morgan fingerprint density at radius 1 is 1.56 bits per heavy atom. The molecule has 2 N–H and O–H groups in total. The van der Waals surface area contributed by atoms with E-state index >= 15 is 0 Å². The summed E-state index contributed by atoms with van der Waals surface area (Å²) in [5.41, 5.74) is 0. The zero-order chi connectivity index (χ0) is 13.5. The average Bonchev–Trinajstić information content (AvgIpc) is 2.35. The first-order valence-electron chi connectivity index (χ1n) is 5.90. The highest BCUT2D eigenvalue weighted by molar-refractivity contribution is 5.81. The van der Waals surface area contributed by atoms with Crippen LogP contribution in [0.1, 0.15) is 20.3 Å². The molecule has 0 bridgehead atoms. The molecule has 0 aliphatic carbocycles. The number of halogens is 1. The maximum atomic E-state index is 12.9. The number of hydrogen-bond acceptors (Lipinski definition) is 3. The third-order valence-electron chi connectivity index (χ3n) is 2.54. The average molecular weight is 255 g/mol. The number of nitrogens with one attached hydrogen (secondary N) is 1. The molecule has 0 radical (unpaired) electrons. The third kappa shape index (κ3) is 4.33. The van der Waals surface area contributed by atoms with Gasteiger partial charge >= 0.3 is 0 Å². The Morgan fingerprint density at radius 2 is 2.28 bits per heavy atom. The quantitative estimate of drug-likeness (QED) is 0.809. The highest BCUT2D eigenvalue weighted by atomic mass is 19.1. The predicted molar refractivity (Wildman–Crippen MR) is 65.8 cm³/mol. The molecule has 0 spiro atoms. The molecule has 1 unspecified atom stereocenters. The molecule has 0 aliphatic rings. The normalized spacial score (nSPS) is 13.8. The summed E-state index contributed by atoms with van der Waals surface area (Å²) in [6.45, 7) is 3.32. The van der Waals surface area contributed by atoms with E-state index in [0.717, 1.165) is 0 Å². The van der Waals surface area contributed by atoms with Crippen LogP contribution in [0.15, 0.2) is 24.3 Å². The summed E-state index contributed by atoms with van der Waals surface area (Å²) in [4.78, 5) is 11.7. The van der Waals surface area contributed by atoms with Crippen LogP contribution in [0.4, 0.5) is 4.39 Å². The summed E-state index contributed by atoms with van der Waals surface area (Å²) in [6, 6.07) is 5.33. The molecule has 0 saturated heterocycles. The fourth-order valence-corrected chi connectivity index (χ4v) is 1.39. The van der Waals surface area contributed by atoms with E-state index in [1.165, 1.54) is 18.2 Å². The minimum atomic E-state index is -0.743. The van der Waals surface area contributed by atoms with Crippen molar-refractivity contribution in [3.05, 3.63) is 30.1 Å². The smallest absolute Gasteiger partial charge is 0.261 e. The molecule has 0 aromatic heterocycles. The molecule has 100 valence electrons. The minimum Gasteiger partial charge on any atom is -0.481 e. The van der Waals surface area contributed by atoms with Crippen LogP contribution < -0.4 is 10.1 Å². The van der Waals surface area contributed by atoms with Crippen molar-refractivity contribution in [1.82, 2.24) is 5.32 Å². The number of benzene rings is 1. The van der Waals surface area contributed by atoms with Gasteiger partial charge in [-0.05, 0) is 25.5 Å². The van der Waals surface area contributed by atoms with Crippen LogP contribution in [0.3, 0.4) is 0 Å². The predicted octanol–water partition coefficient (Wildman–Crippen LogP) is 1.48. The van der Waals surface area contributed by atoms with E-state index in [0.29, 0.717) is 12.2 Å². The van der Waals surface area contributed by atoms with Gasteiger partial charge in [-0.25, -0.2) is 4.39 Å². The van der Waals surface area contributed by atoms with E-state index in [1.54, 1.807) is 13.0 Å². The van der Waals surface area contributed by atoms with E-state index in [4.69, 9.17) is 9.84 Å². The van der Waals surface area contributed by atoms with Crippen LogP contribution in [-0.4, -0.2) is 29.8 Å². The molecule has 1 aromatic rings. The molecule has 1 amide bonds. The summed E-state index contributed by atoms with van der Waals surface area (Å²) in [5.74, 6) is -0.447. The van der Waals surface area contributed by atoms with Crippen molar-refractivity contribution in [2.45, 2.75) is 32.4 Å². The molecule has 18 heavy (non-hydrogen) atoms. The molecule has 1 rings (SSSR count). The van der Waals surface area contributed by atoms with Crippen LogP contribution in [0, 0.1) is 5.82 Å². The van der Waals surface area contributed by atoms with Crippen molar-refractivity contribution in [3.8, 4) is 5.75 Å². The van der Waals surface area contributed by atoms with Crippen molar-refractivity contribution >= 4 is 5.91 Å². The molecule has 0 aliphatic heterocycles. The Hall–Kier alpha value is -1.62. The Labute approximate surface area is 106 Å². The number of ether oxygens (including phenoxy) is 1. The number of aliphatic hydroxyl groups excluding tert-OH is 1. The van der Waals surface area contributed by atoms with E-state index in [9.17, 15) is 9.18 Å². The fraction of sp³-hybridized carbons (Fsp3) is 0.462. The first kappa shape index (κ1) is 14.4. The lowest BCUT2D eigenvalue weighted by atomic mass is 10.2. The van der Waals surface area contributed by atoms with Gasteiger partial charge in [0, 0.05) is 6.07 Å². The SMILES string of the molecule is CC[C@@H](CO)NC(=O)C(C)Oc1cccc(F)c1. The van der Waals surface area contributed by atoms with Crippen molar-refractivity contribution < 1.29 is 19.0 Å². The number of amides is 1. The third-order valence-corrected chi connectivity index (χ3v) is 2.54. The van der Waals surface area contributed by atoms with E-state index in [2.05, 4.69) is 5.32 Å². The molecule has 4 nitrogen and oxygen atoms in total. The lowest BCUT2D eigenvalue weighted by molar-refractivity contribution is -0.128. The van der Waals surface area contributed by atoms with Gasteiger partial charge in [-0.1, -0.05) is 13.0 Å². The van der Waals surface area contributed by atoms with E-state index in [-0.39, 0.29) is 18.6 Å². The maximum absolute atomic E-state index is 12.9. The molecule has 5 heteroatoms. The number of carbonyl (C=O) groups excluding carboxylic acids is 1. The highest BCUT2D eigenvalue weighted by Crippen LogP contribution is 2.13. The second kappa shape index (κ2) is 6.96. The van der Waals surface area contributed by atoms with Gasteiger partial charge in [0.1, 0.15) is 11.6 Å². The zero-order valence-electron chi connectivity index (χ0n) is 10.5. The number of aliphatic hydroxyl groups is 1. The molecule has 0 fully saturated rings. The summed E-state index contributed by atoms with van der Waals surface area (Å²) in [5, 5.41) is 11.6. The first-order valence-corrected chi connectivity index (χ1v) is 5.90. The minimum absolute atomic E-state index is 0.116. The van der Waals surface area contributed by atoms with Gasteiger partial charge in [-0.3, -0.25) is 4.79 Å². The Bertz CT molecular complexity index is 394. The standard InChI is InChI=1S/C13H18FNO3/c1-3-11(8-16)15-13(17)9(2)18-12-6-4-5-10(14)7-12/h4-7,9,11,16H,3,8H2,1-2H3,(H,15,17)/t9?,11-/m0/s1. The summed E-state index contributed by atoms with van der Waals surface area (Å²) >= 11 is 0. The maximum Gasteiger partial charge on any atom is 0.261 e. The molecule has 0 heterocycles. The van der Waals surface area contributed by atoms with Gasteiger partial charge in [0.05, 0.1) is 12.6 Å². The number of hydrogen-bond donors (Lipinski definition) is 2. The lowest BCUT2D eigenvalue weighted by Crippen LogP contribution is -2.43. The van der Waals surface area contributed by atoms with Gasteiger partial charge in [0.2, 0.25) is 0 Å². The molecule has 2 atom stereocenters. The van der Waals surface area contributed by atoms with Crippen molar-refractivity contribution in [2.24, 2.45) is 0 Å². The van der Waals surface area contributed by atoms with Crippen LogP contribution >= 0.6 is 0 Å². The summed E-state index contributed by atoms with van der Waals surface area (Å²) in [6.07, 6.45) is -0.109. The van der Waals surface area contributed by atoms with Crippen molar-refractivity contribution in [1.29, 1.82) is 0 Å². The molecule has 0 saturated carbocycles. The van der Waals surface area contributed by atoms with Gasteiger partial charge in [-0.15, -0.1) is 0 Å². The molecule has 1 aromatic carbocycles. The van der Waals surface area contributed by atoms with Crippen LogP contribution in [0.2, 0.25) is 0 Å². The number of rotatable bonds is 6. The Balaban J connectivity index is 2.54. The number of carbonyl (C=O) groups is 1.